The number of hydrogen-bond donors (Lipinski definition) is 0. The minimum atomic E-state index is -0.359. The van der Waals surface area contributed by atoms with Crippen LogP contribution < -0.4 is 0 Å². The fourth-order valence-corrected chi connectivity index (χ4v) is 3.57. The first-order valence-electron chi connectivity index (χ1n) is 8.64. The number of halogens is 2. The van der Waals surface area contributed by atoms with Gasteiger partial charge < -0.3 is 4.90 Å². The van der Waals surface area contributed by atoms with E-state index in [4.69, 9.17) is 11.6 Å². The van der Waals surface area contributed by atoms with Crippen molar-refractivity contribution in [3.8, 4) is 0 Å². The van der Waals surface area contributed by atoms with Gasteiger partial charge in [0.15, 0.2) is 5.84 Å². The predicted octanol–water partition coefficient (Wildman–Crippen LogP) is 5.39. The van der Waals surface area contributed by atoms with E-state index in [1.165, 1.54) is 6.08 Å². The zero-order chi connectivity index (χ0) is 19.5. The molecule has 2 aromatic rings. The maximum atomic E-state index is 12.5. The molecule has 28 heavy (non-hydrogen) atoms. The number of amides is 1. The molecule has 2 aromatic carbocycles. The molecule has 0 saturated heterocycles. The van der Waals surface area contributed by atoms with E-state index in [1.54, 1.807) is 18.2 Å². The second-order valence-corrected chi connectivity index (χ2v) is 7.94. The van der Waals surface area contributed by atoms with Crippen molar-refractivity contribution in [3.05, 3.63) is 98.3 Å². The number of rotatable bonds is 2. The third kappa shape index (κ3) is 4.31. The van der Waals surface area contributed by atoms with E-state index < -0.39 is 0 Å². The Bertz CT molecular complexity index is 1080. The molecule has 0 aliphatic carbocycles. The Hall–Kier alpha value is -2.51. The Balaban J connectivity index is 1.68. The molecule has 0 saturated carbocycles. The Morgan fingerprint density at radius 1 is 1.14 bits per heavy atom. The second-order valence-electron chi connectivity index (χ2n) is 6.26. The van der Waals surface area contributed by atoms with Crippen molar-refractivity contribution in [2.75, 3.05) is 0 Å². The number of aliphatic imine (C=N–C) groups is 2. The quantitative estimate of drug-likeness (QED) is 0.411. The number of nitrogens with zero attached hydrogens (tertiary/aromatic N) is 3. The van der Waals surface area contributed by atoms with Gasteiger partial charge in [0.05, 0.1) is 0 Å². The van der Waals surface area contributed by atoms with Crippen molar-refractivity contribution in [1.82, 2.24) is 4.90 Å². The summed E-state index contributed by atoms with van der Waals surface area (Å²) >= 11 is 8.17. The zero-order valence-corrected chi connectivity index (χ0v) is 17.6. The minimum Gasteiger partial charge on any atom is -0.327 e. The van der Waals surface area contributed by atoms with E-state index in [1.807, 2.05) is 54.8 Å². The molecule has 0 radical (unpaired) electrons. The zero-order valence-electron chi connectivity index (χ0n) is 14.7. The lowest BCUT2D eigenvalue weighted by molar-refractivity contribution is -0.113. The maximum Gasteiger partial charge on any atom is 0.271 e. The molecule has 0 aromatic heterocycles. The van der Waals surface area contributed by atoms with Crippen LogP contribution in [0.1, 0.15) is 16.7 Å². The van der Waals surface area contributed by atoms with Gasteiger partial charge in [0, 0.05) is 33.0 Å². The topological polar surface area (TPSA) is 45.0 Å². The van der Waals surface area contributed by atoms with E-state index in [9.17, 15) is 4.79 Å². The van der Waals surface area contributed by atoms with E-state index >= 15 is 0 Å². The fourth-order valence-electron chi connectivity index (χ4n) is 2.93. The number of allylic oxidation sites excluding steroid dienone is 2. The molecule has 1 amide bonds. The summed E-state index contributed by atoms with van der Waals surface area (Å²) in [6.07, 6.45) is 9.14. The van der Waals surface area contributed by atoms with Crippen LogP contribution in [-0.4, -0.2) is 22.5 Å². The first kappa shape index (κ1) is 18.8. The van der Waals surface area contributed by atoms with Crippen molar-refractivity contribution in [1.29, 1.82) is 0 Å². The van der Waals surface area contributed by atoms with Crippen LogP contribution in [0, 0.1) is 0 Å². The summed E-state index contributed by atoms with van der Waals surface area (Å²) in [5, 5.41) is 0.656. The molecule has 0 fully saturated rings. The molecule has 2 aliphatic rings. The minimum absolute atomic E-state index is 0.359. The lowest BCUT2D eigenvalue weighted by Gasteiger charge is -2.21. The van der Waals surface area contributed by atoms with Gasteiger partial charge in [-0.2, -0.15) is 4.99 Å². The number of hydrogen-bond acceptors (Lipinski definition) is 2. The normalized spacial score (nSPS) is 17.1. The molecule has 2 heterocycles. The van der Waals surface area contributed by atoms with E-state index in [0.717, 1.165) is 26.1 Å². The highest BCUT2D eigenvalue weighted by Crippen LogP contribution is 2.24. The summed E-state index contributed by atoms with van der Waals surface area (Å²) < 4.78 is 1.12. The summed E-state index contributed by atoms with van der Waals surface area (Å²) in [5.41, 5.74) is 2.83. The van der Waals surface area contributed by atoms with Crippen molar-refractivity contribution >= 4 is 57.8 Å². The van der Waals surface area contributed by atoms with Gasteiger partial charge in [0.2, 0.25) is 0 Å². The molecule has 0 spiro atoms. The van der Waals surface area contributed by atoms with Crippen LogP contribution in [0.5, 0.6) is 0 Å². The molecule has 2 aliphatic heterocycles. The Morgan fingerprint density at radius 2 is 1.93 bits per heavy atom. The molecule has 4 rings (SSSR count). The van der Waals surface area contributed by atoms with Crippen molar-refractivity contribution in [2.45, 2.75) is 6.54 Å². The van der Waals surface area contributed by atoms with Gasteiger partial charge in [0.1, 0.15) is 5.84 Å². The van der Waals surface area contributed by atoms with Crippen LogP contribution in [0.25, 0.3) is 6.08 Å². The van der Waals surface area contributed by atoms with Crippen molar-refractivity contribution in [2.24, 2.45) is 9.98 Å². The third-order valence-electron chi connectivity index (χ3n) is 4.29. The van der Waals surface area contributed by atoms with Gasteiger partial charge in [-0.3, -0.25) is 4.79 Å². The van der Waals surface area contributed by atoms with Crippen LogP contribution in [0.4, 0.5) is 0 Å². The summed E-state index contributed by atoms with van der Waals surface area (Å²) in [7, 11) is 0. The average Bonchev–Trinajstić information content (AvgIpc) is 2.84. The molecule has 0 N–H and O–H groups in total. The first-order valence-corrected chi connectivity index (χ1v) is 10.1. The molecule has 0 unspecified atom stereocenters. The van der Waals surface area contributed by atoms with Gasteiger partial charge in [-0.1, -0.05) is 48.0 Å². The maximum absolute atomic E-state index is 12.5. The summed E-state index contributed by atoms with van der Waals surface area (Å²) in [6.45, 7) is 0.680. The van der Waals surface area contributed by atoms with Gasteiger partial charge in [-0.05, 0) is 64.1 Å². The lowest BCUT2D eigenvalue weighted by Crippen LogP contribution is -2.24. The van der Waals surface area contributed by atoms with E-state index in [-0.39, 0.29) is 5.91 Å². The molecular weight excluding hydrogens is 485 g/mol. The predicted molar refractivity (Wildman–Crippen MR) is 123 cm³/mol. The Labute approximate surface area is 181 Å². The van der Waals surface area contributed by atoms with Gasteiger partial charge in [-0.15, -0.1) is 0 Å². The van der Waals surface area contributed by atoms with Crippen molar-refractivity contribution in [3.63, 3.8) is 0 Å². The highest BCUT2D eigenvalue weighted by molar-refractivity contribution is 14.1. The first-order chi connectivity index (χ1) is 13.6. The summed E-state index contributed by atoms with van der Waals surface area (Å²) in [4.78, 5) is 23.5. The van der Waals surface area contributed by atoms with E-state index in [2.05, 4.69) is 37.5 Å². The molecule has 0 atom stereocenters. The molecular formula is C22H15ClIN3O. The van der Waals surface area contributed by atoms with Crippen LogP contribution in [0.15, 0.2) is 86.5 Å². The largest absolute Gasteiger partial charge is 0.327 e. The lowest BCUT2D eigenvalue weighted by atomic mass is 10.1. The monoisotopic (exact) mass is 499 g/mol. The number of carbonyl (C=O) groups is 1. The van der Waals surface area contributed by atoms with Crippen LogP contribution in [0.2, 0.25) is 5.02 Å². The molecule has 138 valence electrons. The van der Waals surface area contributed by atoms with E-state index in [0.29, 0.717) is 17.4 Å². The Morgan fingerprint density at radius 3 is 2.75 bits per heavy atom. The van der Waals surface area contributed by atoms with Gasteiger partial charge in [0.25, 0.3) is 5.91 Å². The van der Waals surface area contributed by atoms with Gasteiger partial charge in [-0.25, -0.2) is 4.99 Å². The standard InChI is InChI=1S/C22H15ClIN3O/c23-17-8-5-15(6-9-17)7-12-21(28)26-22-19-4-2-1-3-16(19)13-27-14-18(24)10-11-20(27)25-22/h1-12,14H,13H2/b12-7+,26-22?. The van der Waals surface area contributed by atoms with Crippen LogP contribution in [0.3, 0.4) is 0 Å². The number of carbonyl (C=O) groups excluding carboxylic acids is 1. The van der Waals surface area contributed by atoms with Crippen LogP contribution in [-0.2, 0) is 11.3 Å². The average molecular weight is 500 g/mol. The highest BCUT2D eigenvalue weighted by atomic mass is 127. The number of fused-ring (bicyclic) bond motifs is 2. The van der Waals surface area contributed by atoms with Crippen LogP contribution >= 0.6 is 34.2 Å². The molecule has 4 nitrogen and oxygen atoms in total. The SMILES string of the molecule is O=C(/C=C/c1ccc(Cl)cc1)N=C1N=C2C=CC(I)=CN2Cc2ccccc21. The third-order valence-corrected chi connectivity index (χ3v) is 5.18. The number of amidine groups is 2. The fraction of sp³-hybridized carbons (Fsp3) is 0.0455. The van der Waals surface area contributed by atoms with Gasteiger partial charge >= 0.3 is 0 Å². The Kier molecular flexibility index (Phi) is 5.54. The molecule has 6 heteroatoms. The number of benzene rings is 2. The van der Waals surface area contributed by atoms with Crippen molar-refractivity contribution < 1.29 is 4.79 Å². The second kappa shape index (κ2) is 8.24. The summed E-state index contributed by atoms with van der Waals surface area (Å²) in [6, 6.07) is 15.2. The smallest absolute Gasteiger partial charge is 0.271 e. The summed E-state index contributed by atoms with van der Waals surface area (Å²) in [5.74, 6) is 0.834. The highest BCUT2D eigenvalue weighted by Gasteiger charge is 2.21. The molecule has 0 bridgehead atoms.